The van der Waals surface area contributed by atoms with Gasteiger partial charge in [0.25, 0.3) is 0 Å². The quantitative estimate of drug-likeness (QED) is 0.939. The Labute approximate surface area is 120 Å². The van der Waals surface area contributed by atoms with Crippen LogP contribution in [0, 0.1) is 12.8 Å². The van der Waals surface area contributed by atoms with Gasteiger partial charge in [0.1, 0.15) is 0 Å². The fraction of sp³-hybridized carbons (Fsp3) is 0.429. The molecule has 1 atom stereocenters. The van der Waals surface area contributed by atoms with Gasteiger partial charge in [-0.2, -0.15) is 4.98 Å². The third-order valence-corrected chi connectivity index (χ3v) is 4.04. The Hall–Kier alpha value is -1.20. The molecule has 0 radical (unpaired) electrons. The Bertz CT molecular complexity index is 593. The number of hydrogen-bond donors (Lipinski definition) is 1. The number of aliphatic hydroxyl groups excluding tert-OH is 1. The summed E-state index contributed by atoms with van der Waals surface area (Å²) in [5.41, 5.74) is 2.07. The molecule has 100 valence electrons. The van der Waals surface area contributed by atoms with Gasteiger partial charge < -0.3 is 9.63 Å². The first-order chi connectivity index (χ1) is 9.13. The van der Waals surface area contributed by atoms with Crippen LogP contribution in [0.5, 0.6) is 0 Å². The number of benzene rings is 1. The number of aliphatic hydroxyl groups is 1. The molecule has 0 amide bonds. The van der Waals surface area contributed by atoms with E-state index in [1.165, 1.54) is 5.56 Å². The minimum absolute atomic E-state index is 0.352. The molecule has 1 saturated carbocycles. The van der Waals surface area contributed by atoms with Crippen LogP contribution in [0.2, 0.25) is 0 Å². The maximum Gasteiger partial charge on any atom is 0.229 e. The molecule has 1 heterocycles. The van der Waals surface area contributed by atoms with E-state index in [1.54, 1.807) is 0 Å². The Morgan fingerprint density at radius 1 is 1.47 bits per heavy atom. The van der Waals surface area contributed by atoms with Gasteiger partial charge in [-0.25, -0.2) is 0 Å². The largest absolute Gasteiger partial charge is 0.392 e. The highest BCUT2D eigenvalue weighted by atomic mass is 79.9. The maximum atomic E-state index is 9.88. The van der Waals surface area contributed by atoms with Crippen molar-refractivity contribution < 1.29 is 9.63 Å². The van der Waals surface area contributed by atoms with Gasteiger partial charge in [-0.1, -0.05) is 27.2 Å². The molecule has 5 heteroatoms. The molecule has 0 spiro atoms. The standard InChI is InChI=1S/C14H15BrN2O2/c1-8-2-5-10(11(15)6-8)14-16-13(19-17-14)7-12(18)9-3-4-9/h2,5-6,9,12,18H,3-4,7H2,1H3. The van der Waals surface area contributed by atoms with E-state index < -0.39 is 0 Å². The zero-order chi connectivity index (χ0) is 13.4. The predicted octanol–water partition coefficient (Wildman–Crippen LogP) is 3.12. The molecule has 1 aromatic heterocycles. The lowest BCUT2D eigenvalue weighted by atomic mass is 10.1. The molecular weight excluding hydrogens is 308 g/mol. The van der Waals surface area contributed by atoms with Gasteiger partial charge in [-0.05, 0) is 43.4 Å². The van der Waals surface area contributed by atoms with Crippen molar-refractivity contribution in [3.8, 4) is 11.4 Å². The van der Waals surface area contributed by atoms with Crippen molar-refractivity contribution in [3.05, 3.63) is 34.1 Å². The molecule has 1 aliphatic carbocycles. The van der Waals surface area contributed by atoms with Crippen LogP contribution in [0.1, 0.15) is 24.3 Å². The Balaban J connectivity index is 1.79. The van der Waals surface area contributed by atoms with E-state index in [-0.39, 0.29) is 6.10 Å². The van der Waals surface area contributed by atoms with E-state index in [0.29, 0.717) is 24.1 Å². The highest BCUT2D eigenvalue weighted by Gasteiger charge is 2.31. The highest BCUT2D eigenvalue weighted by molar-refractivity contribution is 9.10. The van der Waals surface area contributed by atoms with E-state index in [0.717, 1.165) is 22.9 Å². The summed E-state index contributed by atoms with van der Waals surface area (Å²) in [6.45, 7) is 2.03. The lowest BCUT2D eigenvalue weighted by molar-refractivity contribution is 0.140. The van der Waals surface area contributed by atoms with Gasteiger partial charge in [0.2, 0.25) is 11.7 Å². The minimum atomic E-state index is -0.352. The molecule has 1 aliphatic rings. The third kappa shape index (κ3) is 2.87. The summed E-state index contributed by atoms with van der Waals surface area (Å²) in [6, 6.07) is 5.99. The lowest BCUT2D eigenvalue weighted by Crippen LogP contribution is -2.12. The molecule has 0 aliphatic heterocycles. The van der Waals surface area contributed by atoms with Crippen molar-refractivity contribution in [2.45, 2.75) is 32.3 Å². The summed E-state index contributed by atoms with van der Waals surface area (Å²) < 4.78 is 6.16. The predicted molar refractivity (Wildman–Crippen MR) is 74.6 cm³/mol. The molecule has 1 fully saturated rings. The van der Waals surface area contributed by atoms with Gasteiger partial charge in [0.15, 0.2) is 0 Å². The Morgan fingerprint density at radius 2 is 2.26 bits per heavy atom. The Morgan fingerprint density at radius 3 is 2.95 bits per heavy atom. The molecule has 19 heavy (non-hydrogen) atoms. The average Bonchev–Trinajstić information content (AvgIpc) is 3.11. The first kappa shape index (κ1) is 12.8. The van der Waals surface area contributed by atoms with Crippen LogP contribution in [0.15, 0.2) is 27.2 Å². The fourth-order valence-corrected chi connectivity index (χ4v) is 2.75. The number of hydrogen-bond acceptors (Lipinski definition) is 4. The van der Waals surface area contributed by atoms with Crippen LogP contribution in [0.4, 0.5) is 0 Å². The molecule has 0 saturated heterocycles. The number of rotatable bonds is 4. The number of aryl methyl sites for hydroxylation is 1. The third-order valence-electron chi connectivity index (χ3n) is 3.38. The van der Waals surface area contributed by atoms with E-state index in [9.17, 15) is 5.11 Å². The van der Waals surface area contributed by atoms with Crippen molar-refractivity contribution in [3.63, 3.8) is 0 Å². The van der Waals surface area contributed by atoms with E-state index >= 15 is 0 Å². The van der Waals surface area contributed by atoms with Crippen LogP contribution >= 0.6 is 15.9 Å². The zero-order valence-corrected chi connectivity index (χ0v) is 12.2. The summed E-state index contributed by atoms with van der Waals surface area (Å²) in [5.74, 6) is 1.48. The summed E-state index contributed by atoms with van der Waals surface area (Å²) in [4.78, 5) is 4.35. The normalized spacial score (nSPS) is 16.6. The van der Waals surface area contributed by atoms with Crippen LogP contribution in [-0.2, 0) is 6.42 Å². The monoisotopic (exact) mass is 322 g/mol. The van der Waals surface area contributed by atoms with Gasteiger partial charge in [-0.3, -0.25) is 0 Å². The van der Waals surface area contributed by atoms with Gasteiger partial charge in [0, 0.05) is 10.0 Å². The van der Waals surface area contributed by atoms with Crippen LogP contribution in [-0.4, -0.2) is 21.4 Å². The van der Waals surface area contributed by atoms with Crippen molar-refractivity contribution in [2.75, 3.05) is 0 Å². The summed E-state index contributed by atoms with van der Waals surface area (Å²) in [7, 11) is 0. The molecule has 1 aromatic carbocycles. The van der Waals surface area contributed by atoms with Gasteiger partial charge in [0.05, 0.1) is 12.5 Å². The van der Waals surface area contributed by atoms with Gasteiger partial charge in [-0.15, -0.1) is 0 Å². The summed E-state index contributed by atoms with van der Waals surface area (Å²) in [6.07, 6.45) is 2.30. The van der Waals surface area contributed by atoms with Crippen molar-refractivity contribution in [1.82, 2.24) is 10.1 Å². The van der Waals surface area contributed by atoms with E-state index in [2.05, 4.69) is 26.1 Å². The van der Waals surface area contributed by atoms with Crippen LogP contribution in [0.25, 0.3) is 11.4 Å². The first-order valence-electron chi connectivity index (χ1n) is 6.40. The van der Waals surface area contributed by atoms with Gasteiger partial charge >= 0.3 is 0 Å². The van der Waals surface area contributed by atoms with Crippen LogP contribution < -0.4 is 0 Å². The molecule has 3 rings (SSSR count). The van der Waals surface area contributed by atoms with E-state index in [4.69, 9.17) is 4.52 Å². The second-order valence-electron chi connectivity index (χ2n) is 5.10. The molecule has 2 aromatic rings. The maximum absolute atomic E-state index is 9.88. The topological polar surface area (TPSA) is 59.2 Å². The second-order valence-corrected chi connectivity index (χ2v) is 5.96. The smallest absolute Gasteiger partial charge is 0.229 e. The summed E-state index contributed by atoms with van der Waals surface area (Å²) in [5, 5.41) is 13.9. The Kier molecular flexibility index (Phi) is 3.41. The number of nitrogens with zero attached hydrogens (tertiary/aromatic N) is 2. The first-order valence-corrected chi connectivity index (χ1v) is 7.20. The van der Waals surface area contributed by atoms with E-state index in [1.807, 2.05) is 25.1 Å². The van der Waals surface area contributed by atoms with Crippen molar-refractivity contribution >= 4 is 15.9 Å². The number of aromatic nitrogens is 2. The fourth-order valence-electron chi connectivity index (χ4n) is 2.08. The summed E-state index contributed by atoms with van der Waals surface area (Å²) >= 11 is 3.51. The second kappa shape index (κ2) is 5.06. The van der Waals surface area contributed by atoms with Crippen molar-refractivity contribution in [2.24, 2.45) is 5.92 Å². The average molecular weight is 323 g/mol. The lowest BCUT2D eigenvalue weighted by Gasteiger charge is -2.03. The van der Waals surface area contributed by atoms with Crippen LogP contribution in [0.3, 0.4) is 0 Å². The molecular formula is C14H15BrN2O2. The zero-order valence-electron chi connectivity index (χ0n) is 10.6. The number of halogens is 1. The molecule has 4 nitrogen and oxygen atoms in total. The highest BCUT2D eigenvalue weighted by Crippen LogP contribution is 2.34. The molecule has 1 unspecified atom stereocenters. The SMILES string of the molecule is Cc1ccc(-c2noc(CC(O)C3CC3)n2)c(Br)c1. The van der Waals surface area contributed by atoms with Crippen molar-refractivity contribution in [1.29, 1.82) is 0 Å². The minimum Gasteiger partial charge on any atom is -0.392 e. The molecule has 1 N–H and O–H groups in total. The molecule has 0 bridgehead atoms.